The SMILES string of the molecule is C/C(=N\Nc1nc2c(OCCN(C)C)cccc2s1)c1ccccn1.CCC.CN(C)C. The first-order valence-corrected chi connectivity index (χ1v) is 11.6. The minimum Gasteiger partial charge on any atom is -0.490 e. The lowest BCUT2D eigenvalue weighted by atomic mass is 10.3. The number of anilines is 1. The van der Waals surface area contributed by atoms with Crippen LogP contribution in [0, 0.1) is 0 Å². The van der Waals surface area contributed by atoms with Crippen LogP contribution in [0.1, 0.15) is 32.9 Å². The Morgan fingerprint density at radius 1 is 1.06 bits per heavy atom. The first kappa shape index (κ1) is 27.5. The Kier molecular flexibility index (Phi) is 13.1. The Balaban J connectivity index is 0.000000645. The molecule has 0 radical (unpaired) electrons. The molecule has 2 aromatic heterocycles. The maximum Gasteiger partial charge on any atom is 0.204 e. The number of pyridine rings is 1. The van der Waals surface area contributed by atoms with Crippen molar-refractivity contribution in [3.8, 4) is 5.75 Å². The predicted octanol–water partition coefficient (Wildman–Crippen LogP) is 5.06. The van der Waals surface area contributed by atoms with Gasteiger partial charge in [-0.15, -0.1) is 0 Å². The standard InChI is InChI=1S/C18H21N5OS.C3H9N.C3H8/c1-13(14-7-4-5-10-19-14)21-22-18-20-17-15(24-12-11-23(2)3)8-6-9-16(17)25-18;1-4(2)3;1-3-2/h4-10H,11-12H2,1-3H3,(H,20,22);1-3H3;3H2,1-2H3/b21-13+;;. The van der Waals surface area contributed by atoms with E-state index in [0.717, 1.165) is 39.0 Å². The van der Waals surface area contributed by atoms with Gasteiger partial charge >= 0.3 is 0 Å². The van der Waals surface area contributed by atoms with Gasteiger partial charge in [-0.25, -0.2) is 4.98 Å². The van der Waals surface area contributed by atoms with E-state index in [0.29, 0.717) is 6.61 Å². The molecule has 7 nitrogen and oxygen atoms in total. The van der Waals surface area contributed by atoms with Crippen LogP contribution >= 0.6 is 11.3 Å². The molecule has 1 aromatic carbocycles. The zero-order chi connectivity index (χ0) is 23.9. The van der Waals surface area contributed by atoms with Crippen LogP contribution in [-0.2, 0) is 0 Å². The van der Waals surface area contributed by atoms with Crippen LogP contribution in [0.15, 0.2) is 47.7 Å². The third-order valence-corrected chi connectivity index (χ3v) is 4.46. The molecule has 0 aliphatic rings. The number of aromatic nitrogens is 2. The number of thiazole rings is 1. The summed E-state index contributed by atoms with van der Waals surface area (Å²) in [7, 11) is 10.0. The molecule has 3 rings (SSSR count). The van der Waals surface area contributed by atoms with Crippen LogP contribution in [0.5, 0.6) is 5.75 Å². The highest BCUT2D eigenvalue weighted by molar-refractivity contribution is 7.22. The van der Waals surface area contributed by atoms with Crippen LogP contribution in [0.4, 0.5) is 5.13 Å². The maximum absolute atomic E-state index is 5.87. The lowest BCUT2D eigenvalue weighted by Crippen LogP contribution is -2.19. The summed E-state index contributed by atoms with van der Waals surface area (Å²) in [6.45, 7) is 7.65. The van der Waals surface area contributed by atoms with Crippen molar-refractivity contribution in [3.63, 3.8) is 0 Å². The van der Waals surface area contributed by atoms with Crippen molar-refractivity contribution in [1.29, 1.82) is 0 Å². The third-order valence-electron chi connectivity index (χ3n) is 3.53. The zero-order valence-corrected chi connectivity index (χ0v) is 21.5. The summed E-state index contributed by atoms with van der Waals surface area (Å²) >= 11 is 1.55. The molecule has 3 aromatic rings. The van der Waals surface area contributed by atoms with Gasteiger partial charge in [-0.1, -0.05) is 43.7 Å². The largest absolute Gasteiger partial charge is 0.490 e. The average Bonchev–Trinajstić information content (AvgIpc) is 3.16. The van der Waals surface area contributed by atoms with Crippen molar-refractivity contribution in [2.75, 3.05) is 53.8 Å². The molecule has 0 bridgehead atoms. The van der Waals surface area contributed by atoms with Gasteiger partial charge in [0.25, 0.3) is 0 Å². The van der Waals surface area contributed by atoms with E-state index in [1.807, 2.05) is 83.5 Å². The number of rotatable bonds is 7. The Bertz CT molecular complexity index is 922. The average molecular weight is 459 g/mol. The Hall–Kier alpha value is -2.55. The smallest absolute Gasteiger partial charge is 0.204 e. The highest BCUT2D eigenvalue weighted by atomic mass is 32.1. The summed E-state index contributed by atoms with van der Waals surface area (Å²) in [5.41, 5.74) is 5.53. The zero-order valence-electron chi connectivity index (χ0n) is 20.7. The molecule has 32 heavy (non-hydrogen) atoms. The van der Waals surface area contributed by atoms with E-state index in [4.69, 9.17) is 4.74 Å². The fraction of sp³-hybridized carbons (Fsp3) is 0.458. The summed E-state index contributed by atoms with van der Waals surface area (Å²) in [5.74, 6) is 0.800. The highest BCUT2D eigenvalue weighted by Crippen LogP contribution is 2.32. The molecule has 2 heterocycles. The van der Waals surface area contributed by atoms with Crippen LogP contribution in [0.25, 0.3) is 10.2 Å². The number of hydrogen-bond donors (Lipinski definition) is 1. The van der Waals surface area contributed by atoms with Gasteiger partial charge in [0.15, 0.2) is 0 Å². The van der Waals surface area contributed by atoms with Crippen LogP contribution < -0.4 is 10.2 Å². The van der Waals surface area contributed by atoms with Crippen molar-refractivity contribution in [2.45, 2.75) is 27.2 Å². The summed E-state index contributed by atoms with van der Waals surface area (Å²) in [6.07, 6.45) is 3.00. The predicted molar refractivity (Wildman–Crippen MR) is 139 cm³/mol. The van der Waals surface area contributed by atoms with E-state index >= 15 is 0 Å². The fourth-order valence-corrected chi connectivity index (χ4v) is 3.02. The molecule has 0 fully saturated rings. The Labute approximate surface area is 197 Å². The highest BCUT2D eigenvalue weighted by Gasteiger charge is 2.09. The molecule has 0 saturated heterocycles. The lowest BCUT2D eigenvalue weighted by Gasteiger charge is -2.11. The van der Waals surface area contributed by atoms with Crippen LogP contribution in [-0.4, -0.2) is 73.9 Å². The topological polar surface area (TPSA) is 65.9 Å². The van der Waals surface area contributed by atoms with Gasteiger partial charge in [0.2, 0.25) is 5.13 Å². The van der Waals surface area contributed by atoms with Crippen molar-refractivity contribution in [2.24, 2.45) is 5.10 Å². The van der Waals surface area contributed by atoms with E-state index in [1.165, 1.54) is 6.42 Å². The van der Waals surface area contributed by atoms with Gasteiger partial charge in [0.1, 0.15) is 17.9 Å². The van der Waals surface area contributed by atoms with Crippen LogP contribution in [0.2, 0.25) is 0 Å². The van der Waals surface area contributed by atoms with E-state index in [2.05, 4.69) is 39.2 Å². The van der Waals surface area contributed by atoms with E-state index in [9.17, 15) is 0 Å². The summed E-state index contributed by atoms with van der Waals surface area (Å²) in [4.78, 5) is 13.0. The fourth-order valence-electron chi connectivity index (χ4n) is 2.19. The van der Waals surface area contributed by atoms with Gasteiger partial charge < -0.3 is 14.5 Å². The molecule has 8 heteroatoms. The minimum atomic E-state index is 0.628. The number of benzene rings is 1. The molecule has 0 atom stereocenters. The number of para-hydroxylation sites is 1. The third kappa shape index (κ3) is 10.7. The van der Waals surface area contributed by atoms with E-state index < -0.39 is 0 Å². The van der Waals surface area contributed by atoms with Gasteiger partial charge in [-0.3, -0.25) is 10.4 Å². The van der Waals surface area contributed by atoms with E-state index in [-0.39, 0.29) is 0 Å². The first-order chi connectivity index (χ1) is 15.3. The Morgan fingerprint density at radius 3 is 2.34 bits per heavy atom. The minimum absolute atomic E-state index is 0.628. The number of hydrazone groups is 1. The molecule has 0 spiro atoms. The number of likely N-dealkylation sites (N-methyl/N-ethyl adjacent to an activating group) is 1. The van der Waals surface area contributed by atoms with Gasteiger partial charge in [-0.05, 0) is 66.4 Å². The van der Waals surface area contributed by atoms with Gasteiger partial charge in [0.05, 0.1) is 16.1 Å². The quantitative estimate of drug-likeness (QED) is 0.394. The maximum atomic E-state index is 5.87. The second-order valence-corrected chi connectivity index (χ2v) is 8.88. The lowest BCUT2D eigenvalue weighted by molar-refractivity contribution is 0.263. The number of hydrogen-bond acceptors (Lipinski definition) is 8. The number of nitrogens with one attached hydrogen (secondary N) is 1. The molecule has 176 valence electrons. The molecular formula is C24H38N6OS. The first-order valence-electron chi connectivity index (χ1n) is 10.8. The molecule has 0 saturated carbocycles. The van der Waals surface area contributed by atoms with Crippen molar-refractivity contribution < 1.29 is 4.74 Å². The Morgan fingerprint density at radius 2 is 1.75 bits per heavy atom. The van der Waals surface area contributed by atoms with Crippen molar-refractivity contribution >= 4 is 32.4 Å². The summed E-state index contributed by atoms with van der Waals surface area (Å²) < 4.78 is 6.93. The van der Waals surface area contributed by atoms with Crippen LogP contribution in [0.3, 0.4) is 0 Å². The number of fused-ring (bicyclic) bond motifs is 1. The summed E-state index contributed by atoms with van der Waals surface area (Å²) in [5, 5.41) is 5.11. The number of nitrogens with zero attached hydrogens (tertiary/aromatic N) is 5. The molecule has 1 N–H and O–H groups in total. The second kappa shape index (κ2) is 15.3. The number of ether oxygens (including phenoxy) is 1. The van der Waals surface area contributed by atoms with Gasteiger partial charge in [-0.2, -0.15) is 5.10 Å². The summed E-state index contributed by atoms with van der Waals surface area (Å²) in [6, 6.07) is 11.7. The normalized spacial score (nSPS) is 11.0. The second-order valence-electron chi connectivity index (χ2n) is 7.85. The van der Waals surface area contributed by atoms with Crippen molar-refractivity contribution in [1.82, 2.24) is 19.8 Å². The monoisotopic (exact) mass is 458 g/mol. The van der Waals surface area contributed by atoms with Crippen molar-refractivity contribution in [3.05, 3.63) is 48.3 Å². The van der Waals surface area contributed by atoms with Gasteiger partial charge in [0, 0.05) is 12.7 Å². The molecular weight excluding hydrogens is 420 g/mol. The molecule has 0 aliphatic carbocycles. The molecule has 0 amide bonds. The van der Waals surface area contributed by atoms with E-state index in [1.54, 1.807) is 17.5 Å². The molecule has 0 unspecified atom stereocenters. The molecule has 0 aliphatic heterocycles.